The van der Waals surface area contributed by atoms with Gasteiger partial charge in [0.15, 0.2) is 0 Å². The number of methoxy groups -OCH3 is 1. The summed E-state index contributed by atoms with van der Waals surface area (Å²) in [6.07, 6.45) is 6.33. The maximum atomic E-state index is 13.4. The fourth-order valence-electron chi connectivity index (χ4n) is 5.54. The Bertz CT molecular complexity index is 891. The number of amides is 1. The van der Waals surface area contributed by atoms with Gasteiger partial charge in [-0.25, -0.2) is 0 Å². The van der Waals surface area contributed by atoms with Crippen LogP contribution >= 0.6 is 0 Å². The van der Waals surface area contributed by atoms with Crippen molar-refractivity contribution < 1.29 is 9.53 Å². The zero-order chi connectivity index (χ0) is 19.3. The number of fused-ring (bicyclic) bond motifs is 4. The van der Waals surface area contributed by atoms with Crippen molar-refractivity contribution >= 4 is 16.8 Å². The van der Waals surface area contributed by atoms with Gasteiger partial charge in [-0.1, -0.05) is 13.3 Å². The van der Waals surface area contributed by atoms with E-state index in [1.54, 1.807) is 7.11 Å². The third-order valence-electron chi connectivity index (χ3n) is 7.53. The maximum absolute atomic E-state index is 13.4. The van der Waals surface area contributed by atoms with Crippen molar-refractivity contribution in [2.45, 2.75) is 51.0 Å². The molecule has 2 fully saturated rings. The SMILES string of the molecule is CCN1CCC2(CC1)c1[nH]c3ccc(OC)cc3c1CCN2C(=O)C1CCC1. The van der Waals surface area contributed by atoms with Gasteiger partial charge in [-0.2, -0.15) is 0 Å². The Balaban J connectivity index is 1.61. The molecule has 28 heavy (non-hydrogen) atoms. The van der Waals surface area contributed by atoms with Crippen molar-refractivity contribution in [3.63, 3.8) is 0 Å². The largest absolute Gasteiger partial charge is 0.497 e. The summed E-state index contributed by atoms with van der Waals surface area (Å²) < 4.78 is 5.48. The number of carbonyl (C=O) groups excluding carboxylic acids is 1. The van der Waals surface area contributed by atoms with Gasteiger partial charge in [0.05, 0.1) is 12.6 Å². The number of ether oxygens (including phenoxy) is 1. The fourth-order valence-corrected chi connectivity index (χ4v) is 5.54. The molecule has 5 heteroatoms. The quantitative estimate of drug-likeness (QED) is 0.882. The molecule has 1 amide bonds. The van der Waals surface area contributed by atoms with Gasteiger partial charge in [0.2, 0.25) is 5.91 Å². The third-order valence-corrected chi connectivity index (χ3v) is 7.53. The standard InChI is InChI=1S/C23H31N3O2/c1-3-25-13-10-23(11-14-25)21-18(9-12-26(23)22(27)16-5-4-6-16)19-15-17(28-2)7-8-20(19)24-21/h7-8,15-16,24H,3-6,9-14H2,1-2H3. The number of hydrogen-bond acceptors (Lipinski definition) is 3. The van der Waals surface area contributed by atoms with E-state index in [-0.39, 0.29) is 11.5 Å². The first kappa shape index (κ1) is 18.0. The molecule has 1 aliphatic carbocycles. The van der Waals surface area contributed by atoms with Crippen molar-refractivity contribution in [1.82, 2.24) is 14.8 Å². The van der Waals surface area contributed by atoms with E-state index in [9.17, 15) is 4.79 Å². The van der Waals surface area contributed by atoms with Crippen LogP contribution in [0, 0.1) is 5.92 Å². The van der Waals surface area contributed by atoms with Crippen LogP contribution in [0.4, 0.5) is 0 Å². The molecule has 5 rings (SSSR count). The number of rotatable bonds is 3. The summed E-state index contributed by atoms with van der Waals surface area (Å²) in [5.41, 5.74) is 3.70. The number of likely N-dealkylation sites (tertiary alicyclic amines) is 1. The van der Waals surface area contributed by atoms with Crippen molar-refractivity contribution in [3.05, 3.63) is 29.5 Å². The van der Waals surface area contributed by atoms with E-state index in [1.807, 2.05) is 6.07 Å². The number of H-pyrrole nitrogens is 1. The van der Waals surface area contributed by atoms with Gasteiger partial charge in [0, 0.05) is 42.1 Å². The average molecular weight is 382 g/mol. The Morgan fingerprint density at radius 2 is 2.04 bits per heavy atom. The Morgan fingerprint density at radius 3 is 2.68 bits per heavy atom. The predicted molar refractivity (Wildman–Crippen MR) is 111 cm³/mol. The summed E-state index contributed by atoms with van der Waals surface area (Å²) in [6, 6.07) is 6.30. The Morgan fingerprint density at radius 1 is 1.25 bits per heavy atom. The molecular weight excluding hydrogens is 350 g/mol. The lowest BCUT2D eigenvalue weighted by Crippen LogP contribution is -2.59. The van der Waals surface area contributed by atoms with Crippen molar-refractivity contribution in [2.24, 2.45) is 5.92 Å². The molecule has 3 aliphatic rings. The normalized spacial score (nSPS) is 22.3. The fraction of sp³-hybridized carbons (Fsp3) is 0.609. The lowest BCUT2D eigenvalue weighted by atomic mass is 9.75. The Hall–Kier alpha value is -2.01. The molecule has 5 nitrogen and oxygen atoms in total. The number of benzene rings is 1. The highest BCUT2D eigenvalue weighted by atomic mass is 16.5. The van der Waals surface area contributed by atoms with Crippen LogP contribution in [-0.2, 0) is 16.8 Å². The molecule has 0 bridgehead atoms. The van der Waals surface area contributed by atoms with Gasteiger partial charge in [-0.3, -0.25) is 4.79 Å². The van der Waals surface area contributed by atoms with Gasteiger partial charge in [-0.15, -0.1) is 0 Å². The van der Waals surface area contributed by atoms with Crippen LogP contribution in [0.15, 0.2) is 18.2 Å². The first-order chi connectivity index (χ1) is 13.7. The predicted octanol–water partition coefficient (Wildman–Crippen LogP) is 3.67. The highest BCUT2D eigenvalue weighted by Gasteiger charge is 2.49. The summed E-state index contributed by atoms with van der Waals surface area (Å²) in [6.45, 7) is 6.28. The first-order valence-corrected chi connectivity index (χ1v) is 10.9. The summed E-state index contributed by atoms with van der Waals surface area (Å²) in [4.78, 5) is 21.9. The number of nitrogens with zero attached hydrogens (tertiary/aromatic N) is 2. The third kappa shape index (κ3) is 2.59. The summed E-state index contributed by atoms with van der Waals surface area (Å²) >= 11 is 0. The van der Waals surface area contributed by atoms with Crippen molar-refractivity contribution in [3.8, 4) is 5.75 Å². The van der Waals surface area contributed by atoms with Gasteiger partial charge >= 0.3 is 0 Å². The molecular formula is C23H31N3O2. The monoisotopic (exact) mass is 381 g/mol. The van der Waals surface area contributed by atoms with Gasteiger partial charge in [0.25, 0.3) is 0 Å². The van der Waals surface area contributed by atoms with Gasteiger partial charge < -0.3 is 19.5 Å². The highest BCUT2D eigenvalue weighted by Crippen LogP contribution is 2.47. The van der Waals surface area contributed by atoms with E-state index in [4.69, 9.17) is 4.74 Å². The van der Waals surface area contributed by atoms with Crippen molar-refractivity contribution in [1.29, 1.82) is 0 Å². The highest BCUT2D eigenvalue weighted by molar-refractivity contribution is 5.88. The molecule has 1 aromatic heterocycles. The summed E-state index contributed by atoms with van der Waals surface area (Å²) in [5.74, 6) is 1.56. The zero-order valence-electron chi connectivity index (χ0n) is 17.1. The molecule has 2 aliphatic heterocycles. The molecule has 150 valence electrons. The Kier molecular flexibility index (Phi) is 4.38. The summed E-state index contributed by atoms with van der Waals surface area (Å²) in [5, 5.41) is 1.27. The van der Waals surface area contributed by atoms with Crippen LogP contribution in [0.5, 0.6) is 5.75 Å². The number of hydrogen-bond donors (Lipinski definition) is 1. The van der Waals surface area contributed by atoms with Gasteiger partial charge in [0.1, 0.15) is 5.75 Å². The second kappa shape index (κ2) is 6.80. The Labute approximate surface area is 167 Å². The van der Waals surface area contributed by atoms with E-state index < -0.39 is 0 Å². The van der Waals surface area contributed by atoms with E-state index in [0.717, 1.165) is 64.0 Å². The van der Waals surface area contributed by atoms with E-state index >= 15 is 0 Å². The number of aromatic amines is 1. The van der Waals surface area contributed by atoms with Crippen LogP contribution in [0.1, 0.15) is 50.3 Å². The molecule has 0 radical (unpaired) electrons. The smallest absolute Gasteiger partial charge is 0.226 e. The minimum atomic E-state index is -0.168. The molecule has 0 atom stereocenters. The molecule has 1 aromatic carbocycles. The van der Waals surface area contributed by atoms with E-state index in [0.29, 0.717) is 5.91 Å². The second-order valence-electron chi connectivity index (χ2n) is 8.72. The number of nitrogens with one attached hydrogen (secondary N) is 1. The minimum Gasteiger partial charge on any atom is -0.497 e. The minimum absolute atomic E-state index is 0.168. The van der Waals surface area contributed by atoms with Crippen LogP contribution in [0.25, 0.3) is 10.9 Å². The lowest BCUT2D eigenvalue weighted by Gasteiger charge is -2.52. The molecule has 1 N–H and O–H groups in total. The number of aromatic nitrogens is 1. The molecule has 3 heterocycles. The van der Waals surface area contributed by atoms with Crippen LogP contribution in [0.3, 0.4) is 0 Å². The molecule has 0 unspecified atom stereocenters. The van der Waals surface area contributed by atoms with Crippen molar-refractivity contribution in [2.75, 3.05) is 33.3 Å². The molecule has 1 saturated carbocycles. The second-order valence-corrected chi connectivity index (χ2v) is 8.72. The molecule has 2 aromatic rings. The summed E-state index contributed by atoms with van der Waals surface area (Å²) in [7, 11) is 1.72. The number of piperidine rings is 1. The topological polar surface area (TPSA) is 48.6 Å². The lowest BCUT2D eigenvalue weighted by molar-refractivity contribution is -0.149. The molecule has 1 saturated heterocycles. The van der Waals surface area contributed by atoms with E-state index in [2.05, 4.69) is 33.8 Å². The zero-order valence-corrected chi connectivity index (χ0v) is 17.1. The van der Waals surface area contributed by atoms with Crippen LogP contribution in [-0.4, -0.2) is 54.0 Å². The number of carbonyl (C=O) groups is 1. The first-order valence-electron chi connectivity index (χ1n) is 10.9. The van der Waals surface area contributed by atoms with E-state index in [1.165, 1.54) is 28.6 Å². The molecule has 1 spiro atoms. The van der Waals surface area contributed by atoms with Crippen LogP contribution in [0.2, 0.25) is 0 Å². The van der Waals surface area contributed by atoms with Gasteiger partial charge in [-0.05, 0) is 62.4 Å². The van der Waals surface area contributed by atoms with Crippen LogP contribution < -0.4 is 4.74 Å². The maximum Gasteiger partial charge on any atom is 0.226 e. The average Bonchev–Trinajstić information content (AvgIpc) is 3.06.